The molecule has 2 amide bonds. The van der Waals surface area contributed by atoms with Gasteiger partial charge in [0.05, 0.1) is 6.42 Å². The van der Waals surface area contributed by atoms with Crippen LogP contribution in [-0.4, -0.2) is 24.9 Å². The largest absolute Gasteiger partial charge is 0.355 e. The van der Waals surface area contributed by atoms with Gasteiger partial charge in [0.2, 0.25) is 11.8 Å². The van der Waals surface area contributed by atoms with Crippen molar-refractivity contribution in [3.05, 3.63) is 90.2 Å². The fraction of sp³-hybridized carbons (Fsp3) is 0.200. The number of hydrogen-bond donors (Lipinski definition) is 1. The summed E-state index contributed by atoms with van der Waals surface area (Å²) in [5.41, 5.74) is 3.89. The lowest BCUT2D eigenvalue weighted by atomic mass is 10.0. The molecule has 1 saturated heterocycles. The summed E-state index contributed by atoms with van der Waals surface area (Å²) in [7, 11) is 0. The number of hydrogen-bond acceptors (Lipinski definition) is 2. The van der Waals surface area contributed by atoms with Gasteiger partial charge in [0.15, 0.2) is 0 Å². The Kier molecular flexibility index (Phi) is 5.89. The molecule has 0 aromatic heterocycles. The van der Waals surface area contributed by atoms with Gasteiger partial charge in [-0.1, -0.05) is 54.6 Å². The van der Waals surface area contributed by atoms with Gasteiger partial charge in [-0.05, 0) is 41.0 Å². The molecule has 5 heteroatoms. The minimum Gasteiger partial charge on any atom is -0.355 e. The molecule has 0 radical (unpaired) electrons. The van der Waals surface area contributed by atoms with Crippen molar-refractivity contribution in [3.63, 3.8) is 0 Å². The number of rotatable bonds is 6. The van der Waals surface area contributed by atoms with E-state index in [1.165, 1.54) is 12.1 Å². The third kappa shape index (κ3) is 4.74. The van der Waals surface area contributed by atoms with E-state index >= 15 is 0 Å². The van der Waals surface area contributed by atoms with Crippen molar-refractivity contribution in [2.45, 2.75) is 12.8 Å². The van der Waals surface area contributed by atoms with E-state index in [1.807, 2.05) is 42.5 Å². The maximum Gasteiger partial charge on any atom is 0.227 e. The van der Waals surface area contributed by atoms with E-state index in [4.69, 9.17) is 0 Å². The van der Waals surface area contributed by atoms with Crippen LogP contribution in [0.1, 0.15) is 12.0 Å². The molecule has 1 atom stereocenters. The third-order valence-electron chi connectivity index (χ3n) is 5.36. The molecule has 1 fully saturated rings. The number of halogens is 1. The summed E-state index contributed by atoms with van der Waals surface area (Å²) in [6.45, 7) is 0.973. The molecular weight excluding hydrogens is 379 g/mol. The first-order chi connectivity index (χ1) is 14.6. The lowest BCUT2D eigenvalue weighted by molar-refractivity contribution is -0.121. The van der Waals surface area contributed by atoms with E-state index in [-0.39, 0.29) is 23.5 Å². The second-order valence-corrected chi connectivity index (χ2v) is 7.59. The van der Waals surface area contributed by atoms with Gasteiger partial charge in [-0.2, -0.15) is 0 Å². The second kappa shape index (κ2) is 8.91. The maximum atomic E-state index is 13.1. The minimum absolute atomic E-state index is 0.00245. The van der Waals surface area contributed by atoms with Gasteiger partial charge in [-0.25, -0.2) is 4.39 Å². The number of carbonyl (C=O) groups is 2. The minimum atomic E-state index is -0.328. The molecule has 1 aliphatic heterocycles. The lowest BCUT2D eigenvalue weighted by Gasteiger charge is -2.17. The van der Waals surface area contributed by atoms with Crippen LogP contribution in [-0.2, 0) is 16.0 Å². The highest BCUT2D eigenvalue weighted by Crippen LogP contribution is 2.25. The lowest BCUT2D eigenvalue weighted by Crippen LogP contribution is -2.32. The molecule has 152 valence electrons. The van der Waals surface area contributed by atoms with Crippen LogP contribution in [0.25, 0.3) is 11.1 Å². The molecule has 1 heterocycles. The summed E-state index contributed by atoms with van der Waals surface area (Å²) in [6.07, 6.45) is 0.681. The van der Waals surface area contributed by atoms with Crippen molar-refractivity contribution < 1.29 is 14.0 Å². The normalized spacial score (nSPS) is 16.0. The van der Waals surface area contributed by atoms with E-state index in [2.05, 4.69) is 17.4 Å². The summed E-state index contributed by atoms with van der Waals surface area (Å²) < 4.78 is 13.1. The van der Waals surface area contributed by atoms with Crippen LogP contribution in [0, 0.1) is 11.7 Å². The van der Waals surface area contributed by atoms with Crippen molar-refractivity contribution >= 4 is 17.5 Å². The third-order valence-corrected chi connectivity index (χ3v) is 5.36. The molecule has 0 spiro atoms. The van der Waals surface area contributed by atoms with Crippen LogP contribution in [0.15, 0.2) is 78.9 Å². The van der Waals surface area contributed by atoms with Gasteiger partial charge in [0, 0.05) is 31.1 Å². The zero-order chi connectivity index (χ0) is 20.9. The van der Waals surface area contributed by atoms with Crippen LogP contribution in [0.2, 0.25) is 0 Å². The van der Waals surface area contributed by atoms with Crippen LogP contribution in [0.5, 0.6) is 0 Å². The molecule has 0 saturated carbocycles. The fourth-order valence-corrected chi connectivity index (χ4v) is 3.74. The molecule has 1 N–H and O–H groups in total. The number of benzene rings is 3. The van der Waals surface area contributed by atoms with Crippen LogP contribution in [0.4, 0.5) is 10.1 Å². The summed E-state index contributed by atoms with van der Waals surface area (Å²) in [4.78, 5) is 26.3. The van der Waals surface area contributed by atoms with Gasteiger partial charge in [0.1, 0.15) is 5.82 Å². The summed E-state index contributed by atoms with van der Waals surface area (Å²) in [6, 6.07) is 24.0. The summed E-state index contributed by atoms with van der Waals surface area (Å²) >= 11 is 0. The molecule has 3 aromatic rings. The Bertz CT molecular complexity index is 1020. The van der Waals surface area contributed by atoms with Crippen LogP contribution >= 0.6 is 0 Å². The maximum absolute atomic E-state index is 13.1. The molecule has 30 heavy (non-hydrogen) atoms. The highest BCUT2D eigenvalue weighted by atomic mass is 19.1. The standard InChI is InChI=1S/C25H23FN2O2/c26-22-10-12-23(13-11-22)28-17-19(15-25(28)30)16-27-24(29)14-18-6-8-21(9-7-18)20-4-2-1-3-5-20/h1-13,19H,14-17H2,(H,27,29). The van der Waals surface area contributed by atoms with E-state index in [1.54, 1.807) is 17.0 Å². The SMILES string of the molecule is O=C(Cc1ccc(-c2ccccc2)cc1)NCC1CC(=O)N(c2ccc(F)cc2)C1. The number of carbonyl (C=O) groups excluding carboxylic acids is 2. The van der Waals surface area contributed by atoms with E-state index in [0.29, 0.717) is 31.6 Å². The summed E-state index contributed by atoms with van der Waals surface area (Å²) in [5.74, 6) is -0.342. The zero-order valence-electron chi connectivity index (χ0n) is 16.6. The molecule has 4 nitrogen and oxygen atoms in total. The monoisotopic (exact) mass is 402 g/mol. The van der Waals surface area contributed by atoms with Gasteiger partial charge >= 0.3 is 0 Å². The van der Waals surface area contributed by atoms with Gasteiger partial charge in [0.25, 0.3) is 0 Å². The van der Waals surface area contributed by atoms with Crippen molar-refractivity contribution in [1.82, 2.24) is 5.32 Å². The fourth-order valence-electron chi connectivity index (χ4n) is 3.74. The summed E-state index contributed by atoms with van der Waals surface area (Å²) in [5, 5.41) is 2.94. The van der Waals surface area contributed by atoms with Crippen LogP contribution in [0.3, 0.4) is 0 Å². The van der Waals surface area contributed by atoms with Crippen LogP contribution < -0.4 is 10.2 Å². The van der Waals surface area contributed by atoms with Crippen molar-refractivity contribution in [2.75, 3.05) is 18.0 Å². The van der Waals surface area contributed by atoms with Crippen molar-refractivity contribution in [2.24, 2.45) is 5.92 Å². The number of anilines is 1. The molecule has 0 aliphatic carbocycles. The first-order valence-corrected chi connectivity index (χ1v) is 10.1. The zero-order valence-corrected chi connectivity index (χ0v) is 16.6. The van der Waals surface area contributed by atoms with Gasteiger partial charge in [-0.3, -0.25) is 9.59 Å². The molecular formula is C25H23FN2O2. The molecule has 1 unspecified atom stereocenters. The molecule has 0 bridgehead atoms. The smallest absolute Gasteiger partial charge is 0.227 e. The Labute approximate surface area is 175 Å². The quantitative estimate of drug-likeness (QED) is 0.672. The average Bonchev–Trinajstić information content (AvgIpc) is 3.14. The molecule has 1 aliphatic rings. The van der Waals surface area contributed by atoms with Crippen molar-refractivity contribution in [3.8, 4) is 11.1 Å². The topological polar surface area (TPSA) is 49.4 Å². The van der Waals surface area contributed by atoms with E-state index < -0.39 is 0 Å². The van der Waals surface area contributed by atoms with Crippen molar-refractivity contribution in [1.29, 1.82) is 0 Å². The number of nitrogens with zero attached hydrogens (tertiary/aromatic N) is 1. The van der Waals surface area contributed by atoms with Gasteiger partial charge in [-0.15, -0.1) is 0 Å². The number of nitrogens with one attached hydrogen (secondary N) is 1. The Hall–Kier alpha value is -3.47. The predicted octanol–water partition coefficient (Wildman–Crippen LogP) is 4.20. The Balaban J connectivity index is 1.28. The average molecular weight is 402 g/mol. The van der Waals surface area contributed by atoms with E-state index in [9.17, 15) is 14.0 Å². The highest BCUT2D eigenvalue weighted by molar-refractivity contribution is 5.95. The Morgan fingerprint density at radius 1 is 0.933 bits per heavy atom. The first-order valence-electron chi connectivity index (χ1n) is 10.1. The highest BCUT2D eigenvalue weighted by Gasteiger charge is 2.30. The second-order valence-electron chi connectivity index (χ2n) is 7.59. The molecule has 3 aromatic carbocycles. The predicted molar refractivity (Wildman–Crippen MR) is 115 cm³/mol. The van der Waals surface area contributed by atoms with Gasteiger partial charge < -0.3 is 10.2 Å². The van der Waals surface area contributed by atoms with E-state index in [0.717, 1.165) is 16.7 Å². The molecule has 4 rings (SSSR count). The Morgan fingerprint density at radius 2 is 1.60 bits per heavy atom. The Morgan fingerprint density at radius 3 is 2.30 bits per heavy atom. The number of amides is 2. The first kappa shape index (κ1) is 19.8.